The highest BCUT2D eigenvalue weighted by atomic mass is 79.9. The number of hydrogen-bond acceptors (Lipinski definition) is 2. The molecule has 1 aromatic carbocycles. The van der Waals surface area contributed by atoms with Crippen LogP contribution in [0, 0.1) is 0 Å². The summed E-state index contributed by atoms with van der Waals surface area (Å²) in [4.78, 5) is 2.52. The molecule has 1 aliphatic heterocycles. The zero-order valence-corrected chi connectivity index (χ0v) is 11.3. The predicted molar refractivity (Wildman–Crippen MR) is 69.8 cm³/mol. The molecule has 0 amide bonds. The fourth-order valence-electron chi connectivity index (χ4n) is 2.16. The summed E-state index contributed by atoms with van der Waals surface area (Å²) in [7, 11) is 1.72. The number of piperidine rings is 1. The molecule has 0 saturated carbocycles. The summed E-state index contributed by atoms with van der Waals surface area (Å²) in [5, 5.41) is 0. The van der Waals surface area contributed by atoms with Crippen LogP contribution in [0.3, 0.4) is 0 Å². The molecule has 0 atom stereocenters. The molecule has 0 aliphatic carbocycles. The fraction of sp³-hybridized carbons (Fsp3) is 0.538. The lowest BCUT2D eigenvalue weighted by atomic mass is 10.1. The highest BCUT2D eigenvalue weighted by Gasteiger charge is 2.12. The Balaban J connectivity index is 2.06. The Kier molecular flexibility index (Phi) is 4.24. The number of methoxy groups -OCH3 is 1. The third-order valence-electron chi connectivity index (χ3n) is 3.10. The van der Waals surface area contributed by atoms with Crippen molar-refractivity contribution >= 4 is 15.9 Å². The van der Waals surface area contributed by atoms with Gasteiger partial charge in [0.15, 0.2) is 0 Å². The van der Waals surface area contributed by atoms with E-state index in [-0.39, 0.29) is 0 Å². The Labute approximate surface area is 106 Å². The highest BCUT2D eigenvalue weighted by Crippen LogP contribution is 2.24. The zero-order valence-electron chi connectivity index (χ0n) is 9.71. The first kappa shape index (κ1) is 11.9. The summed E-state index contributed by atoms with van der Waals surface area (Å²) in [5.74, 6) is 0.940. The van der Waals surface area contributed by atoms with E-state index in [4.69, 9.17) is 4.74 Å². The summed E-state index contributed by atoms with van der Waals surface area (Å²) in [6.07, 6.45) is 4.05. The number of halogens is 1. The van der Waals surface area contributed by atoms with Crippen LogP contribution in [0.5, 0.6) is 5.75 Å². The van der Waals surface area contributed by atoms with Gasteiger partial charge >= 0.3 is 0 Å². The molecule has 0 unspecified atom stereocenters. The largest absolute Gasteiger partial charge is 0.497 e. The van der Waals surface area contributed by atoms with Crippen molar-refractivity contribution in [2.75, 3.05) is 20.2 Å². The molecular formula is C13H18BrNO. The van der Waals surface area contributed by atoms with Crippen molar-refractivity contribution in [3.05, 3.63) is 28.2 Å². The molecule has 3 heteroatoms. The Morgan fingerprint density at radius 2 is 2.00 bits per heavy atom. The van der Waals surface area contributed by atoms with Crippen LogP contribution in [0.15, 0.2) is 22.7 Å². The second-order valence-corrected chi connectivity index (χ2v) is 5.15. The molecule has 1 saturated heterocycles. The van der Waals surface area contributed by atoms with Crippen LogP contribution < -0.4 is 4.74 Å². The van der Waals surface area contributed by atoms with Crippen LogP contribution >= 0.6 is 15.9 Å². The van der Waals surface area contributed by atoms with Crippen LogP contribution in [0.2, 0.25) is 0 Å². The van der Waals surface area contributed by atoms with E-state index in [1.54, 1.807) is 7.11 Å². The van der Waals surface area contributed by atoms with E-state index in [9.17, 15) is 0 Å². The van der Waals surface area contributed by atoms with Gasteiger partial charge in [0.05, 0.1) is 7.11 Å². The standard InChI is InChI=1S/C13H18BrNO/c1-16-12-5-6-13(14)11(9-12)10-15-7-3-2-4-8-15/h5-6,9H,2-4,7-8,10H2,1H3. The molecule has 1 aliphatic rings. The van der Waals surface area contributed by atoms with E-state index in [0.717, 1.165) is 12.3 Å². The van der Waals surface area contributed by atoms with Gasteiger partial charge in [-0.15, -0.1) is 0 Å². The molecule has 2 nitrogen and oxygen atoms in total. The van der Waals surface area contributed by atoms with E-state index in [2.05, 4.69) is 33.0 Å². The third-order valence-corrected chi connectivity index (χ3v) is 3.87. The Morgan fingerprint density at radius 1 is 1.25 bits per heavy atom. The van der Waals surface area contributed by atoms with Gasteiger partial charge in [-0.2, -0.15) is 0 Å². The molecule has 1 heterocycles. The second-order valence-electron chi connectivity index (χ2n) is 4.29. The van der Waals surface area contributed by atoms with Crippen molar-refractivity contribution in [2.24, 2.45) is 0 Å². The summed E-state index contributed by atoms with van der Waals surface area (Å²) >= 11 is 3.60. The summed E-state index contributed by atoms with van der Waals surface area (Å²) < 4.78 is 6.44. The first-order chi connectivity index (χ1) is 7.79. The van der Waals surface area contributed by atoms with Crippen molar-refractivity contribution in [2.45, 2.75) is 25.8 Å². The first-order valence-electron chi connectivity index (χ1n) is 5.84. The zero-order chi connectivity index (χ0) is 11.4. The second kappa shape index (κ2) is 5.69. The van der Waals surface area contributed by atoms with Gasteiger partial charge in [0.2, 0.25) is 0 Å². The molecule has 0 spiro atoms. The van der Waals surface area contributed by atoms with Crippen molar-refractivity contribution in [1.82, 2.24) is 4.90 Å². The van der Waals surface area contributed by atoms with Crippen LogP contribution in [-0.2, 0) is 6.54 Å². The summed E-state index contributed by atoms with van der Waals surface area (Å²) in [6, 6.07) is 6.18. The Morgan fingerprint density at radius 3 is 2.69 bits per heavy atom. The average Bonchev–Trinajstić information content (AvgIpc) is 2.33. The highest BCUT2D eigenvalue weighted by molar-refractivity contribution is 9.10. The van der Waals surface area contributed by atoms with Gasteiger partial charge in [-0.1, -0.05) is 22.4 Å². The summed E-state index contributed by atoms with van der Waals surface area (Å²) in [6.45, 7) is 3.48. The minimum absolute atomic E-state index is 0.940. The molecule has 0 bridgehead atoms. The Hall–Kier alpha value is -0.540. The fourth-order valence-corrected chi connectivity index (χ4v) is 2.53. The molecule has 0 radical (unpaired) electrons. The predicted octanol–water partition coefficient (Wildman–Crippen LogP) is 3.44. The van der Waals surface area contributed by atoms with E-state index in [1.165, 1.54) is 42.4 Å². The number of likely N-dealkylation sites (tertiary alicyclic amines) is 1. The van der Waals surface area contributed by atoms with Gasteiger partial charge in [-0.25, -0.2) is 0 Å². The lowest BCUT2D eigenvalue weighted by Crippen LogP contribution is -2.29. The number of benzene rings is 1. The van der Waals surface area contributed by atoms with E-state index >= 15 is 0 Å². The smallest absolute Gasteiger partial charge is 0.119 e. The van der Waals surface area contributed by atoms with Crippen LogP contribution in [0.25, 0.3) is 0 Å². The number of rotatable bonds is 3. The maximum atomic E-state index is 5.26. The monoisotopic (exact) mass is 283 g/mol. The van der Waals surface area contributed by atoms with Crippen molar-refractivity contribution in [3.63, 3.8) is 0 Å². The van der Waals surface area contributed by atoms with E-state index < -0.39 is 0 Å². The van der Waals surface area contributed by atoms with Gasteiger partial charge in [-0.05, 0) is 49.7 Å². The molecule has 1 aromatic rings. The maximum absolute atomic E-state index is 5.26. The lowest BCUT2D eigenvalue weighted by molar-refractivity contribution is 0.220. The van der Waals surface area contributed by atoms with Crippen molar-refractivity contribution in [1.29, 1.82) is 0 Å². The summed E-state index contributed by atoms with van der Waals surface area (Å²) in [5.41, 5.74) is 1.32. The quantitative estimate of drug-likeness (QED) is 0.843. The molecule has 0 aromatic heterocycles. The molecular weight excluding hydrogens is 266 g/mol. The number of hydrogen-bond donors (Lipinski definition) is 0. The van der Waals surface area contributed by atoms with Gasteiger partial charge in [0.1, 0.15) is 5.75 Å². The first-order valence-corrected chi connectivity index (χ1v) is 6.63. The molecule has 2 rings (SSSR count). The van der Waals surface area contributed by atoms with Crippen LogP contribution in [-0.4, -0.2) is 25.1 Å². The molecule has 16 heavy (non-hydrogen) atoms. The van der Waals surface area contributed by atoms with Gasteiger partial charge in [0, 0.05) is 11.0 Å². The van der Waals surface area contributed by atoms with Gasteiger partial charge in [0.25, 0.3) is 0 Å². The minimum atomic E-state index is 0.940. The van der Waals surface area contributed by atoms with Crippen LogP contribution in [0.1, 0.15) is 24.8 Å². The topological polar surface area (TPSA) is 12.5 Å². The van der Waals surface area contributed by atoms with E-state index in [0.29, 0.717) is 0 Å². The number of ether oxygens (including phenoxy) is 1. The number of nitrogens with zero attached hydrogens (tertiary/aromatic N) is 1. The lowest BCUT2D eigenvalue weighted by Gasteiger charge is -2.26. The minimum Gasteiger partial charge on any atom is -0.497 e. The third kappa shape index (κ3) is 2.98. The molecule has 88 valence electrons. The molecule has 1 fully saturated rings. The van der Waals surface area contributed by atoms with Crippen molar-refractivity contribution in [3.8, 4) is 5.75 Å². The maximum Gasteiger partial charge on any atom is 0.119 e. The Bertz CT molecular complexity index is 348. The SMILES string of the molecule is COc1ccc(Br)c(CN2CCCCC2)c1. The van der Waals surface area contributed by atoms with E-state index in [1.807, 2.05) is 6.07 Å². The average molecular weight is 284 g/mol. The van der Waals surface area contributed by atoms with Gasteiger partial charge < -0.3 is 4.74 Å². The normalized spacial score (nSPS) is 17.4. The van der Waals surface area contributed by atoms with Crippen molar-refractivity contribution < 1.29 is 4.74 Å². The molecule has 0 N–H and O–H groups in total. The van der Waals surface area contributed by atoms with Gasteiger partial charge in [-0.3, -0.25) is 4.90 Å². The van der Waals surface area contributed by atoms with Crippen LogP contribution in [0.4, 0.5) is 0 Å².